The van der Waals surface area contributed by atoms with Crippen LogP contribution in [0.15, 0.2) is 12.2 Å². The SMILES string of the molecule is C=C(C)C(=O)OCCCCOP(=O)([O-])[O-].[K+].[K+]. The molecule has 0 aromatic heterocycles. The van der Waals surface area contributed by atoms with Crippen LogP contribution in [-0.4, -0.2) is 19.2 Å². The number of phosphoric ester groups is 1. The number of hydrogen-bond donors (Lipinski definition) is 0. The van der Waals surface area contributed by atoms with E-state index in [1.54, 1.807) is 0 Å². The molecule has 0 fully saturated rings. The molecule has 0 radical (unpaired) electrons. The summed E-state index contributed by atoms with van der Waals surface area (Å²) >= 11 is 0. The van der Waals surface area contributed by atoms with E-state index in [1.807, 2.05) is 0 Å². The third kappa shape index (κ3) is 18.6. The van der Waals surface area contributed by atoms with Gasteiger partial charge in [-0.25, -0.2) is 4.79 Å². The molecule has 0 saturated carbocycles. The van der Waals surface area contributed by atoms with E-state index < -0.39 is 13.8 Å². The van der Waals surface area contributed by atoms with Crippen molar-refractivity contribution in [3.8, 4) is 0 Å². The second-order valence-corrected chi connectivity index (χ2v) is 4.06. The first kappa shape index (κ1) is 24.6. The van der Waals surface area contributed by atoms with Crippen molar-refractivity contribution < 1.29 is 131 Å². The molecular weight excluding hydrogens is 301 g/mol. The smallest absolute Gasteiger partial charge is 0.790 e. The van der Waals surface area contributed by atoms with Crippen LogP contribution < -0.4 is 113 Å². The Labute approximate surface area is 186 Å². The van der Waals surface area contributed by atoms with E-state index in [9.17, 15) is 19.1 Å². The van der Waals surface area contributed by atoms with Crippen molar-refractivity contribution >= 4 is 13.8 Å². The number of esters is 1. The van der Waals surface area contributed by atoms with Gasteiger partial charge >= 0.3 is 109 Å². The molecule has 0 amide bonds. The first-order chi connectivity index (χ1) is 6.83. The number of unbranched alkanes of at least 4 members (excludes halogenated alkanes) is 1. The van der Waals surface area contributed by atoms with Gasteiger partial charge < -0.3 is 23.6 Å². The van der Waals surface area contributed by atoms with Crippen molar-refractivity contribution in [3.63, 3.8) is 0 Å². The molecule has 0 aliphatic rings. The van der Waals surface area contributed by atoms with Gasteiger partial charge in [0.25, 0.3) is 0 Å². The molecule has 88 valence electrons. The minimum absolute atomic E-state index is 0. The topological polar surface area (TPSA) is 98.7 Å². The van der Waals surface area contributed by atoms with Crippen LogP contribution in [0.1, 0.15) is 19.8 Å². The second kappa shape index (κ2) is 13.6. The van der Waals surface area contributed by atoms with Crippen molar-refractivity contribution in [1.29, 1.82) is 0 Å². The Kier molecular flexibility index (Phi) is 19.6. The maximum Gasteiger partial charge on any atom is 1.00 e. The third-order valence-electron chi connectivity index (χ3n) is 1.37. The summed E-state index contributed by atoms with van der Waals surface area (Å²) in [5.74, 6) is -0.491. The van der Waals surface area contributed by atoms with E-state index in [1.165, 1.54) is 6.92 Å². The van der Waals surface area contributed by atoms with Gasteiger partial charge in [-0.15, -0.1) is 0 Å². The van der Waals surface area contributed by atoms with Crippen LogP contribution in [0, 0.1) is 0 Å². The monoisotopic (exact) mass is 314 g/mol. The van der Waals surface area contributed by atoms with E-state index >= 15 is 0 Å². The van der Waals surface area contributed by atoms with Gasteiger partial charge in [-0.2, -0.15) is 0 Å². The molecule has 17 heavy (non-hydrogen) atoms. The summed E-state index contributed by atoms with van der Waals surface area (Å²) in [5.41, 5.74) is 0.301. The van der Waals surface area contributed by atoms with Gasteiger partial charge in [0.15, 0.2) is 0 Å². The predicted molar refractivity (Wildman–Crippen MR) is 48.6 cm³/mol. The zero-order chi connectivity index (χ0) is 11.9. The van der Waals surface area contributed by atoms with Gasteiger partial charge in [0.05, 0.1) is 21.0 Å². The molecule has 0 aliphatic heterocycles. The van der Waals surface area contributed by atoms with Crippen molar-refractivity contribution in [2.24, 2.45) is 0 Å². The van der Waals surface area contributed by atoms with Gasteiger partial charge in [0, 0.05) is 5.57 Å². The number of ether oxygens (including phenoxy) is 1. The Morgan fingerprint density at radius 3 is 2.12 bits per heavy atom. The van der Waals surface area contributed by atoms with Crippen molar-refractivity contribution in [3.05, 3.63) is 12.2 Å². The molecule has 9 heteroatoms. The average molecular weight is 314 g/mol. The molecule has 0 aromatic rings. The Morgan fingerprint density at radius 1 is 1.24 bits per heavy atom. The number of hydrogen-bond acceptors (Lipinski definition) is 6. The Morgan fingerprint density at radius 2 is 1.71 bits per heavy atom. The van der Waals surface area contributed by atoms with Crippen LogP contribution in [0.4, 0.5) is 0 Å². The van der Waals surface area contributed by atoms with Crippen molar-refractivity contribution in [2.45, 2.75) is 19.8 Å². The van der Waals surface area contributed by atoms with E-state index in [0.29, 0.717) is 18.4 Å². The van der Waals surface area contributed by atoms with Gasteiger partial charge in [0.1, 0.15) is 0 Å². The number of phosphoric acid groups is 1. The number of carbonyl (C=O) groups is 1. The van der Waals surface area contributed by atoms with Crippen molar-refractivity contribution in [1.82, 2.24) is 0 Å². The van der Waals surface area contributed by atoms with E-state index in [4.69, 9.17) is 4.74 Å². The molecule has 0 heterocycles. The van der Waals surface area contributed by atoms with E-state index in [2.05, 4.69) is 11.1 Å². The molecule has 0 bridgehead atoms. The van der Waals surface area contributed by atoms with E-state index in [-0.39, 0.29) is 116 Å². The summed E-state index contributed by atoms with van der Waals surface area (Å²) in [6.45, 7) is 4.87. The molecule has 6 nitrogen and oxygen atoms in total. The molecule has 0 rings (SSSR count). The maximum absolute atomic E-state index is 10.8. The summed E-state index contributed by atoms with van der Waals surface area (Å²) in [6.07, 6.45) is 0.761. The molecule has 0 saturated heterocycles. The summed E-state index contributed by atoms with van der Waals surface area (Å²) in [4.78, 5) is 30.9. The third-order valence-corrected chi connectivity index (χ3v) is 1.87. The zero-order valence-corrected chi connectivity index (χ0v) is 17.6. The fraction of sp³-hybridized carbons (Fsp3) is 0.625. The minimum Gasteiger partial charge on any atom is -0.790 e. The van der Waals surface area contributed by atoms with Gasteiger partial charge in [-0.3, -0.25) is 0 Å². The molecule has 0 unspecified atom stereocenters. The molecule has 0 atom stereocenters. The second-order valence-electron chi connectivity index (χ2n) is 2.90. The fourth-order valence-corrected chi connectivity index (χ4v) is 1.02. The average Bonchev–Trinajstić information content (AvgIpc) is 2.08. The summed E-state index contributed by atoms with van der Waals surface area (Å²) in [7, 11) is -4.87. The van der Waals surface area contributed by atoms with Crippen LogP contribution in [0.3, 0.4) is 0 Å². The first-order valence-corrected chi connectivity index (χ1v) is 5.78. The van der Waals surface area contributed by atoms with Crippen molar-refractivity contribution in [2.75, 3.05) is 13.2 Å². The van der Waals surface area contributed by atoms with Crippen LogP contribution in [0.25, 0.3) is 0 Å². The molecule has 0 aromatic carbocycles. The fourth-order valence-electron chi connectivity index (χ4n) is 0.669. The van der Waals surface area contributed by atoms with Crippen LogP contribution in [0.5, 0.6) is 0 Å². The van der Waals surface area contributed by atoms with Gasteiger partial charge in [-0.1, -0.05) is 6.58 Å². The van der Waals surface area contributed by atoms with Crippen LogP contribution in [0.2, 0.25) is 0 Å². The maximum atomic E-state index is 10.8. The number of rotatable bonds is 7. The summed E-state index contributed by atoms with van der Waals surface area (Å²) in [5, 5.41) is 0. The summed E-state index contributed by atoms with van der Waals surface area (Å²) < 4.78 is 18.7. The number of carbonyl (C=O) groups excluding carboxylic acids is 1. The molecular formula is C8H13K2O6P. The zero-order valence-electron chi connectivity index (χ0n) is 10.4. The predicted octanol–water partition coefficient (Wildman–Crippen LogP) is -6.26. The normalized spacial score (nSPS) is 9.82. The molecule has 0 aliphatic carbocycles. The Hall–Kier alpha value is 2.59. The first-order valence-electron chi connectivity index (χ1n) is 4.32. The van der Waals surface area contributed by atoms with E-state index in [0.717, 1.165) is 0 Å². The quantitative estimate of drug-likeness (QED) is 0.152. The molecule has 0 N–H and O–H groups in total. The van der Waals surface area contributed by atoms with Gasteiger partial charge in [0.2, 0.25) is 0 Å². The minimum atomic E-state index is -4.87. The van der Waals surface area contributed by atoms with Gasteiger partial charge in [-0.05, 0) is 19.8 Å². The summed E-state index contributed by atoms with van der Waals surface area (Å²) in [6, 6.07) is 0. The Balaban J connectivity index is -0.000000980. The van der Waals surface area contributed by atoms with Crippen LogP contribution >= 0.6 is 7.82 Å². The molecule has 0 spiro atoms. The largest absolute Gasteiger partial charge is 1.00 e. The van der Waals surface area contributed by atoms with Crippen LogP contribution in [-0.2, 0) is 18.6 Å². The Bertz CT molecular complexity index is 277. The standard InChI is InChI=1S/C8H15O6P.2K/c1-7(2)8(9)13-5-3-4-6-14-15(10,11)12;;/h1,3-6H2,2H3,(H2,10,11,12);;/q;2*+1/p-2.